The summed E-state index contributed by atoms with van der Waals surface area (Å²) in [6.45, 7) is 7.94. The Morgan fingerprint density at radius 1 is 1.47 bits per heavy atom. The van der Waals surface area contributed by atoms with Gasteiger partial charge in [0.25, 0.3) is 0 Å². The van der Waals surface area contributed by atoms with Crippen molar-refractivity contribution in [1.82, 2.24) is 9.97 Å². The van der Waals surface area contributed by atoms with E-state index in [1.54, 1.807) is 13.0 Å². The zero-order chi connectivity index (χ0) is 13.0. The Bertz CT molecular complexity index is 393. The van der Waals surface area contributed by atoms with Crippen LogP contribution in [0.2, 0.25) is 0 Å². The van der Waals surface area contributed by atoms with Crippen LogP contribution in [-0.2, 0) is 0 Å². The molecule has 0 aliphatic rings. The molecule has 94 valence electrons. The first-order valence-electron chi connectivity index (χ1n) is 5.92. The van der Waals surface area contributed by atoms with E-state index in [1.165, 1.54) is 6.33 Å². The average Bonchev–Trinajstić information content (AvgIpc) is 2.25. The maximum absolute atomic E-state index is 14.2. The molecule has 0 spiro atoms. The lowest BCUT2D eigenvalue weighted by molar-refractivity contribution is 0.450. The van der Waals surface area contributed by atoms with E-state index in [-0.39, 0.29) is 17.6 Å². The summed E-state index contributed by atoms with van der Waals surface area (Å²) in [5.41, 5.74) is 6.58. The van der Waals surface area contributed by atoms with Crippen molar-refractivity contribution < 1.29 is 4.39 Å². The fourth-order valence-electron chi connectivity index (χ4n) is 1.84. The Kier molecular flexibility index (Phi) is 4.61. The molecule has 1 unspecified atom stereocenters. The van der Waals surface area contributed by atoms with Crippen LogP contribution in [0.4, 0.5) is 10.2 Å². The lowest BCUT2D eigenvalue weighted by atomic mass is 9.92. The van der Waals surface area contributed by atoms with Crippen LogP contribution in [0.25, 0.3) is 5.83 Å². The molecular formula is C13H20FN3. The van der Waals surface area contributed by atoms with Crippen molar-refractivity contribution in [1.29, 1.82) is 0 Å². The number of halogens is 1. The molecule has 0 aliphatic heterocycles. The number of nitrogens with two attached hydrogens (primary N) is 1. The second-order valence-electron chi connectivity index (χ2n) is 4.55. The highest BCUT2D eigenvalue weighted by Gasteiger charge is 2.15. The minimum Gasteiger partial charge on any atom is -0.383 e. The number of hydrogen-bond donors (Lipinski definition) is 1. The topological polar surface area (TPSA) is 51.8 Å². The summed E-state index contributed by atoms with van der Waals surface area (Å²) >= 11 is 0. The van der Waals surface area contributed by atoms with Gasteiger partial charge in [-0.2, -0.15) is 0 Å². The van der Waals surface area contributed by atoms with Gasteiger partial charge >= 0.3 is 0 Å². The lowest BCUT2D eigenvalue weighted by Crippen LogP contribution is -2.06. The highest BCUT2D eigenvalue weighted by Crippen LogP contribution is 2.27. The number of rotatable bonds is 4. The van der Waals surface area contributed by atoms with E-state index in [0.29, 0.717) is 17.2 Å². The van der Waals surface area contributed by atoms with Crippen molar-refractivity contribution in [2.45, 2.75) is 34.1 Å². The van der Waals surface area contributed by atoms with Gasteiger partial charge in [-0.1, -0.05) is 20.8 Å². The second-order valence-corrected chi connectivity index (χ2v) is 4.55. The zero-order valence-electron chi connectivity index (χ0n) is 10.9. The smallest absolute Gasteiger partial charge is 0.137 e. The second kappa shape index (κ2) is 5.75. The summed E-state index contributed by atoms with van der Waals surface area (Å²) in [5.74, 6) is 0.483. The number of hydrogen-bond acceptors (Lipinski definition) is 3. The number of aryl methyl sites for hydroxylation is 1. The first-order chi connectivity index (χ1) is 7.97. The molecule has 1 atom stereocenters. The van der Waals surface area contributed by atoms with Crippen LogP contribution in [0, 0.1) is 18.8 Å². The summed E-state index contributed by atoms with van der Waals surface area (Å²) in [4.78, 5) is 7.79. The third-order valence-electron chi connectivity index (χ3n) is 2.99. The molecule has 0 aliphatic carbocycles. The molecule has 2 N–H and O–H groups in total. The van der Waals surface area contributed by atoms with Crippen LogP contribution >= 0.6 is 0 Å². The van der Waals surface area contributed by atoms with Gasteiger partial charge in [-0.15, -0.1) is 0 Å². The molecule has 4 heteroatoms. The molecule has 0 bridgehead atoms. The lowest BCUT2D eigenvalue weighted by Gasteiger charge is -2.15. The van der Waals surface area contributed by atoms with Gasteiger partial charge in [0.05, 0.1) is 11.3 Å². The van der Waals surface area contributed by atoms with Gasteiger partial charge in [0.2, 0.25) is 0 Å². The van der Waals surface area contributed by atoms with Crippen molar-refractivity contribution in [2.75, 3.05) is 5.73 Å². The maximum Gasteiger partial charge on any atom is 0.137 e. The summed E-state index contributed by atoms with van der Waals surface area (Å²) in [5, 5.41) is 0. The van der Waals surface area contributed by atoms with Crippen LogP contribution < -0.4 is 5.73 Å². The highest BCUT2D eigenvalue weighted by molar-refractivity contribution is 5.69. The van der Waals surface area contributed by atoms with Gasteiger partial charge in [-0.3, -0.25) is 0 Å². The summed E-state index contributed by atoms with van der Waals surface area (Å²) in [7, 11) is 0. The SMILES string of the molecule is CCC(/C=C(/F)c1c(C)ncnc1N)C(C)C. The molecule has 17 heavy (non-hydrogen) atoms. The molecule has 1 aromatic rings. The number of allylic oxidation sites excluding steroid dienone is 1. The number of nitrogens with zero attached hydrogens (tertiary/aromatic N) is 2. The monoisotopic (exact) mass is 237 g/mol. The Morgan fingerprint density at radius 2 is 2.12 bits per heavy atom. The van der Waals surface area contributed by atoms with E-state index in [9.17, 15) is 4.39 Å². The van der Waals surface area contributed by atoms with Gasteiger partial charge < -0.3 is 5.73 Å². The fourth-order valence-corrected chi connectivity index (χ4v) is 1.84. The van der Waals surface area contributed by atoms with Gasteiger partial charge in [0.15, 0.2) is 0 Å². The molecular weight excluding hydrogens is 217 g/mol. The zero-order valence-corrected chi connectivity index (χ0v) is 10.9. The van der Waals surface area contributed by atoms with E-state index in [4.69, 9.17) is 5.73 Å². The number of anilines is 1. The Morgan fingerprint density at radius 3 is 2.59 bits per heavy atom. The van der Waals surface area contributed by atoms with Crippen LogP contribution in [0.3, 0.4) is 0 Å². The minimum atomic E-state index is -0.318. The normalized spacial score (nSPS) is 14.1. The Hall–Kier alpha value is -1.45. The summed E-state index contributed by atoms with van der Waals surface area (Å²) in [6, 6.07) is 0. The minimum absolute atomic E-state index is 0.199. The Balaban J connectivity index is 3.11. The van der Waals surface area contributed by atoms with Crippen LogP contribution in [0.15, 0.2) is 12.4 Å². The molecule has 1 rings (SSSR count). The molecule has 0 aromatic carbocycles. The van der Waals surface area contributed by atoms with Gasteiger partial charge in [0.1, 0.15) is 18.0 Å². The summed E-state index contributed by atoms with van der Waals surface area (Å²) in [6.07, 6.45) is 3.88. The fraction of sp³-hybridized carbons (Fsp3) is 0.538. The van der Waals surface area contributed by atoms with Crippen LogP contribution in [0.1, 0.15) is 38.4 Å². The number of aromatic nitrogens is 2. The van der Waals surface area contributed by atoms with Crippen molar-refractivity contribution in [2.24, 2.45) is 11.8 Å². The molecule has 1 heterocycles. The quantitative estimate of drug-likeness (QED) is 0.873. The molecule has 0 radical (unpaired) electrons. The standard InChI is InChI=1S/C13H20FN3/c1-5-10(8(2)3)6-11(14)12-9(4)16-7-17-13(12)15/h6-8,10H,5H2,1-4H3,(H2,15,16,17)/b11-6+. The van der Waals surface area contributed by atoms with E-state index < -0.39 is 0 Å². The molecule has 3 nitrogen and oxygen atoms in total. The first-order valence-corrected chi connectivity index (χ1v) is 5.92. The third kappa shape index (κ3) is 3.25. The molecule has 1 aromatic heterocycles. The maximum atomic E-state index is 14.2. The van der Waals surface area contributed by atoms with E-state index >= 15 is 0 Å². The van der Waals surface area contributed by atoms with Crippen molar-refractivity contribution in [3.63, 3.8) is 0 Å². The Labute approximate surface area is 102 Å². The van der Waals surface area contributed by atoms with Crippen molar-refractivity contribution in [3.8, 4) is 0 Å². The predicted molar refractivity (Wildman–Crippen MR) is 68.9 cm³/mol. The van der Waals surface area contributed by atoms with Crippen LogP contribution in [-0.4, -0.2) is 9.97 Å². The van der Waals surface area contributed by atoms with E-state index in [1.807, 2.05) is 6.92 Å². The largest absolute Gasteiger partial charge is 0.383 e. The van der Waals surface area contributed by atoms with Crippen molar-refractivity contribution >= 4 is 11.6 Å². The van der Waals surface area contributed by atoms with Gasteiger partial charge in [-0.25, -0.2) is 14.4 Å². The molecule has 0 saturated heterocycles. The summed E-state index contributed by atoms with van der Waals surface area (Å²) < 4.78 is 14.2. The van der Waals surface area contributed by atoms with Crippen molar-refractivity contribution in [3.05, 3.63) is 23.7 Å². The number of nitrogen functional groups attached to an aromatic ring is 1. The molecule has 0 amide bonds. The van der Waals surface area contributed by atoms with E-state index in [0.717, 1.165) is 6.42 Å². The van der Waals surface area contributed by atoms with Crippen LogP contribution in [0.5, 0.6) is 0 Å². The molecule has 0 fully saturated rings. The highest BCUT2D eigenvalue weighted by atomic mass is 19.1. The third-order valence-corrected chi connectivity index (χ3v) is 2.99. The van der Waals surface area contributed by atoms with Gasteiger partial charge in [0, 0.05) is 0 Å². The average molecular weight is 237 g/mol. The van der Waals surface area contributed by atoms with E-state index in [2.05, 4.69) is 23.8 Å². The molecule has 0 saturated carbocycles. The first kappa shape index (κ1) is 13.6. The van der Waals surface area contributed by atoms with Gasteiger partial charge in [-0.05, 0) is 31.3 Å². The predicted octanol–water partition coefficient (Wildman–Crippen LogP) is 3.36.